The third-order valence-electron chi connectivity index (χ3n) is 4.77. The van der Waals surface area contributed by atoms with Gasteiger partial charge in [0.05, 0.1) is 11.0 Å². The van der Waals surface area contributed by atoms with Gasteiger partial charge < -0.3 is 4.74 Å². The Morgan fingerprint density at radius 1 is 1.19 bits per heavy atom. The summed E-state index contributed by atoms with van der Waals surface area (Å²) in [4.78, 5) is 0.0246. The van der Waals surface area contributed by atoms with Crippen LogP contribution >= 0.6 is 15.9 Å². The minimum Gasteiger partial charge on any atom is -0.490 e. The van der Waals surface area contributed by atoms with Crippen molar-refractivity contribution in [3.05, 3.63) is 57.6 Å². The van der Waals surface area contributed by atoms with Gasteiger partial charge in [-0.05, 0) is 80.8 Å². The molecule has 26 heavy (non-hydrogen) atoms. The number of unbranched alkanes of at least 4 members (excludes halogenated alkanes) is 1. The molecule has 0 fully saturated rings. The van der Waals surface area contributed by atoms with Crippen LogP contribution < -0.4 is 4.74 Å². The van der Waals surface area contributed by atoms with E-state index in [0.29, 0.717) is 12.0 Å². The molecule has 1 unspecified atom stereocenters. The zero-order valence-electron chi connectivity index (χ0n) is 14.7. The van der Waals surface area contributed by atoms with E-state index in [1.54, 1.807) is 6.07 Å². The predicted molar refractivity (Wildman–Crippen MR) is 105 cm³/mol. The van der Waals surface area contributed by atoms with Gasteiger partial charge in [-0.1, -0.05) is 33.6 Å². The molecule has 0 amide bonds. The van der Waals surface area contributed by atoms with E-state index < -0.39 is 10.1 Å². The number of hydrogen-bond acceptors (Lipinski definition) is 3. The lowest BCUT2D eigenvalue weighted by molar-refractivity contribution is 0.160. The molecule has 0 bridgehead atoms. The smallest absolute Gasteiger partial charge is 0.294 e. The molecule has 1 atom stereocenters. The van der Waals surface area contributed by atoms with Gasteiger partial charge in [0.25, 0.3) is 10.1 Å². The standard InChI is InChI=1S/C20H23BrO4S/c1-14-6-11-20(26(22,23)24)16(12-14)4-2-3-5-18-9-7-15-13-17(21)8-10-19(15)25-18/h6,8,10-13,18H,2-5,7,9H2,1H3,(H,22,23,24). The van der Waals surface area contributed by atoms with Crippen LogP contribution in [0.25, 0.3) is 0 Å². The third-order valence-corrected chi connectivity index (χ3v) is 6.22. The summed E-state index contributed by atoms with van der Waals surface area (Å²) < 4.78 is 39.6. The summed E-state index contributed by atoms with van der Waals surface area (Å²) in [6.45, 7) is 1.92. The van der Waals surface area contributed by atoms with Crippen molar-refractivity contribution < 1.29 is 17.7 Å². The molecule has 0 radical (unpaired) electrons. The number of ether oxygens (including phenoxy) is 1. The molecule has 0 aromatic heterocycles. The van der Waals surface area contributed by atoms with E-state index in [1.165, 1.54) is 11.6 Å². The normalized spacial score (nSPS) is 16.8. The van der Waals surface area contributed by atoms with Crippen molar-refractivity contribution >= 4 is 26.0 Å². The lowest BCUT2D eigenvalue weighted by Crippen LogP contribution is -2.22. The lowest BCUT2D eigenvalue weighted by atomic mass is 9.97. The Kier molecular flexibility index (Phi) is 6.05. The Hall–Kier alpha value is -1.37. The van der Waals surface area contributed by atoms with E-state index in [2.05, 4.69) is 22.0 Å². The van der Waals surface area contributed by atoms with E-state index in [1.807, 2.05) is 25.1 Å². The van der Waals surface area contributed by atoms with E-state index in [0.717, 1.165) is 47.9 Å². The monoisotopic (exact) mass is 438 g/mol. The molecule has 1 aliphatic rings. The number of benzene rings is 2. The maximum absolute atomic E-state index is 11.5. The lowest BCUT2D eigenvalue weighted by Gasteiger charge is -2.26. The van der Waals surface area contributed by atoms with Crippen molar-refractivity contribution in [3.63, 3.8) is 0 Å². The quantitative estimate of drug-likeness (QED) is 0.502. The largest absolute Gasteiger partial charge is 0.490 e. The average molecular weight is 439 g/mol. The molecular formula is C20H23BrO4S. The molecule has 0 saturated heterocycles. The summed E-state index contributed by atoms with van der Waals surface area (Å²) in [5.74, 6) is 0.969. The van der Waals surface area contributed by atoms with Gasteiger partial charge in [-0.2, -0.15) is 8.42 Å². The van der Waals surface area contributed by atoms with Crippen LogP contribution in [-0.4, -0.2) is 19.1 Å². The fourth-order valence-corrected chi connectivity index (χ4v) is 4.60. The van der Waals surface area contributed by atoms with Crippen molar-refractivity contribution in [3.8, 4) is 5.75 Å². The zero-order chi connectivity index (χ0) is 18.7. The molecule has 140 valence electrons. The minimum atomic E-state index is -4.17. The summed E-state index contributed by atoms with van der Waals surface area (Å²) in [7, 11) is -4.17. The Balaban J connectivity index is 1.54. The van der Waals surface area contributed by atoms with Crippen molar-refractivity contribution in [2.24, 2.45) is 0 Å². The summed E-state index contributed by atoms with van der Waals surface area (Å²) in [5.41, 5.74) is 2.92. The molecule has 2 aromatic rings. The first-order valence-corrected chi connectivity index (χ1v) is 11.1. The van der Waals surface area contributed by atoms with E-state index in [-0.39, 0.29) is 11.0 Å². The first-order valence-electron chi connectivity index (χ1n) is 8.85. The fourth-order valence-electron chi connectivity index (χ4n) is 3.46. The maximum atomic E-state index is 11.5. The van der Waals surface area contributed by atoms with Gasteiger partial charge in [-0.3, -0.25) is 4.55 Å². The van der Waals surface area contributed by atoms with Gasteiger partial charge in [0.1, 0.15) is 5.75 Å². The molecule has 1 aliphatic heterocycles. The van der Waals surface area contributed by atoms with Crippen LogP contribution in [0.15, 0.2) is 45.8 Å². The molecule has 3 rings (SSSR count). The maximum Gasteiger partial charge on any atom is 0.294 e. The Labute approximate surface area is 163 Å². The second-order valence-electron chi connectivity index (χ2n) is 6.86. The van der Waals surface area contributed by atoms with Crippen LogP contribution in [0.5, 0.6) is 5.75 Å². The van der Waals surface area contributed by atoms with Crippen LogP contribution in [0.2, 0.25) is 0 Å². The van der Waals surface area contributed by atoms with Crippen molar-refractivity contribution in [1.82, 2.24) is 0 Å². The van der Waals surface area contributed by atoms with Gasteiger partial charge in [0.2, 0.25) is 0 Å². The first-order chi connectivity index (χ1) is 12.3. The average Bonchev–Trinajstić information content (AvgIpc) is 2.57. The summed E-state index contributed by atoms with van der Waals surface area (Å²) in [5, 5.41) is 0. The van der Waals surface area contributed by atoms with E-state index in [4.69, 9.17) is 4.74 Å². The summed E-state index contributed by atoms with van der Waals surface area (Å²) in [6, 6.07) is 11.2. The van der Waals surface area contributed by atoms with Crippen LogP contribution in [0.4, 0.5) is 0 Å². The Morgan fingerprint density at radius 3 is 2.77 bits per heavy atom. The van der Waals surface area contributed by atoms with Crippen LogP contribution in [0.1, 0.15) is 42.4 Å². The predicted octanol–water partition coefficient (Wildman–Crippen LogP) is 5.11. The minimum absolute atomic E-state index is 0.0246. The molecule has 1 heterocycles. The van der Waals surface area contributed by atoms with Gasteiger partial charge >= 0.3 is 0 Å². The highest BCUT2D eigenvalue weighted by Gasteiger charge is 2.20. The second-order valence-corrected chi connectivity index (χ2v) is 9.17. The highest BCUT2D eigenvalue weighted by molar-refractivity contribution is 9.10. The molecule has 0 spiro atoms. The third kappa shape index (κ3) is 4.87. The van der Waals surface area contributed by atoms with Crippen LogP contribution in [-0.2, 0) is 23.0 Å². The molecule has 2 aromatic carbocycles. The number of halogens is 1. The molecular weight excluding hydrogens is 416 g/mol. The topological polar surface area (TPSA) is 63.6 Å². The number of rotatable bonds is 6. The van der Waals surface area contributed by atoms with E-state index >= 15 is 0 Å². The number of hydrogen-bond donors (Lipinski definition) is 1. The van der Waals surface area contributed by atoms with Gasteiger partial charge in [-0.15, -0.1) is 0 Å². The molecule has 4 nitrogen and oxygen atoms in total. The van der Waals surface area contributed by atoms with Crippen molar-refractivity contribution in [1.29, 1.82) is 0 Å². The molecule has 0 saturated carbocycles. The first kappa shape index (κ1) is 19.4. The van der Waals surface area contributed by atoms with E-state index in [9.17, 15) is 13.0 Å². The highest BCUT2D eigenvalue weighted by atomic mass is 79.9. The van der Waals surface area contributed by atoms with Gasteiger partial charge in [0, 0.05) is 4.47 Å². The van der Waals surface area contributed by atoms with Crippen molar-refractivity contribution in [2.45, 2.75) is 56.4 Å². The number of fused-ring (bicyclic) bond motifs is 1. The molecule has 1 N–H and O–H groups in total. The summed E-state index contributed by atoms with van der Waals surface area (Å²) >= 11 is 3.49. The molecule has 0 aliphatic carbocycles. The Morgan fingerprint density at radius 2 is 2.00 bits per heavy atom. The van der Waals surface area contributed by atoms with Crippen LogP contribution in [0, 0.1) is 6.92 Å². The highest BCUT2D eigenvalue weighted by Crippen LogP contribution is 2.31. The SMILES string of the molecule is Cc1ccc(S(=O)(=O)O)c(CCCCC2CCc3cc(Br)ccc3O2)c1. The number of aryl methyl sites for hydroxylation is 3. The fraction of sp³-hybridized carbons (Fsp3) is 0.400. The van der Waals surface area contributed by atoms with Crippen molar-refractivity contribution in [2.75, 3.05) is 0 Å². The zero-order valence-corrected chi connectivity index (χ0v) is 17.1. The molecule has 6 heteroatoms. The Bertz CT molecular complexity index is 893. The summed E-state index contributed by atoms with van der Waals surface area (Å²) in [6.07, 6.45) is 5.63. The second kappa shape index (κ2) is 8.11. The van der Waals surface area contributed by atoms with Crippen LogP contribution in [0.3, 0.4) is 0 Å². The van der Waals surface area contributed by atoms with Gasteiger partial charge in [-0.25, -0.2) is 0 Å². The van der Waals surface area contributed by atoms with Gasteiger partial charge in [0.15, 0.2) is 0 Å².